The number of hydrogen-bond acceptors (Lipinski definition) is 2. The van der Waals surface area contributed by atoms with Crippen LogP contribution in [0.15, 0.2) is 48.5 Å². The minimum absolute atomic E-state index is 0.0503. The van der Waals surface area contributed by atoms with Crippen molar-refractivity contribution in [1.82, 2.24) is 10.2 Å². The topological polar surface area (TPSA) is 49.4 Å². The van der Waals surface area contributed by atoms with Crippen LogP contribution in [-0.2, 0) is 22.6 Å². The number of amides is 2. The Labute approximate surface area is 176 Å². The van der Waals surface area contributed by atoms with Gasteiger partial charge in [-0.3, -0.25) is 9.59 Å². The summed E-state index contributed by atoms with van der Waals surface area (Å²) in [6, 6.07) is 14.1. The van der Waals surface area contributed by atoms with Gasteiger partial charge in [-0.1, -0.05) is 66.5 Å². The Morgan fingerprint density at radius 1 is 1.07 bits per heavy atom. The average Bonchev–Trinajstić information content (AvgIpc) is 2.68. The molecule has 0 spiro atoms. The SMILES string of the molecule is CCC(C)NC(=O)C(C)N(Cc1ccccc1)C(=O)Cc1ccc(Cl)cc1Cl. The molecule has 0 saturated heterocycles. The monoisotopic (exact) mass is 420 g/mol. The second-order valence-corrected chi connectivity index (χ2v) is 7.76. The van der Waals surface area contributed by atoms with Crippen molar-refractivity contribution in [2.75, 3.05) is 0 Å². The molecular weight excluding hydrogens is 395 g/mol. The van der Waals surface area contributed by atoms with Crippen molar-refractivity contribution in [3.05, 3.63) is 69.7 Å². The van der Waals surface area contributed by atoms with E-state index in [1.54, 1.807) is 30.0 Å². The van der Waals surface area contributed by atoms with Crippen LogP contribution in [-0.4, -0.2) is 28.8 Å². The highest BCUT2D eigenvalue weighted by Crippen LogP contribution is 2.22. The van der Waals surface area contributed by atoms with Gasteiger partial charge in [-0.2, -0.15) is 0 Å². The first-order valence-corrected chi connectivity index (χ1v) is 10.1. The highest BCUT2D eigenvalue weighted by Gasteiger charge is 2.27. The molecule has 2 rings (SSSR count). The molecule has 0 radical (unpaired) electrons. The summed E-state index contributed by atoms with van der Waals surface area (Å²) in [4.78, 5) is 27.4. The van der Waals surface area contributed by atoms with Gasteiger partial charge >= 0.3 is 0 Å². The first kappa shape index (κ1) is 22.3. The van der Waals surface area contributed by atoms with E-state index in [2.05, 4.69) is 5.32 Å². The number of rotatable bonds is 8. The quantitative estimate of drug-likeness (QED) is 0.661. The molecule has 2 aromatic carbocycles. The van der Waals surface area contributed by atoms with E-state index in [9.17, 15) is 9.59 Å². The van der Waals surface area contributed by atoms with Crippen LogP contribution >= 0.6 is 23.2 Å². The van der Waals surface area contributed by atoms with E-state index in [1.165, 1.54) is 0 Å². The molecule has 0 bridgehead atoms. The van der Waals surface area contributed by atoms with Crippen LogP contribution in [0.1, 0.15) is 38.3 Å². The molecule has 6 heteroatoms. The van der Waals surface area contributed by atoms with Crippen molar-refractivity contribution in [2.24, 2.45) is 0 Å². The lowest BCUT2D eigenvalue weighted by molar-refractivity contribution is -0.140. The molecule has 0 aromatic heterocycles. The number of hydrogen-bond donors (Lipinski definition) is 1. The molecule has 0 heterocycles. The van der Waals surface area contributed by atoms with E-state index in [0.717, 1.165) is 12.0 Å². The van der Waals surface area contributed by atoms with E-state index >= 15 is 0 Å². The summed E-state index contributed by atoms with van der Waals surface area (Å²) < 4.78 is 0. The van der Waals surface area contributed by atoms with Crippen LogP contribution in [0.5, 0.6) is 0 Å². The van der Waals surface area contributed by atoms with E-state index in [-0.39, 0.29) is 24.3 Å². The van der Waals surface area contributed by atoms with Gasteiger partial charge in [-0.05, 0) is 43.5 Å². The second kappa shape index (κ2) is 10.5. The maximum Gasteiger partial charge on any atom is 0.242 e. The number of benzene rings is 2. The highest BCUT2D eigenvalue weighted by molar-refractivity contribution is 6.35. The molecule has 150 valence electrons. The van der Waals surface area contributed by atoms with Crippen LogP contribution in [0.25, 0.3) is 0 Å². The number of carbonyl (C=O) groups excluding carboxylic acids is 2. The van der Waals surface area contributed by atoms with Crippen molar-refractivity contribution in [3.8, 4) is 0 Å². The number of nitrogens with zero attached hydrogens (tertiary/aromatic N) is 1. The Morgan fingerprint density at radius 2 is 1.75 bits per heavy atom. The Hall–Kier alpha value is -2.04. The van der Waals surface area contributed by atoms with Crippen LogP contribution in [0, 0.1) is 0 Å². The van der Waals surface area contributed by atoms with Crippen LogP contribution < -0.4 is 5.32 Å². The van der Waals surface area contributed by atoms with Crippen LogP contribution in [0.3, 0.4) is 0 Å². The van der Waals surface area contributed by atoms with Gasteiger partial charge in [-0.15, -0.1) is 0 Å². The molecule has 2 aromatic rings. The van der Waals surface area contributed by atoms with Gasteiger partial charge in [0.15, 0.2) is 0 Å². The molecule has 2 atom stereocenters. The summed E-state index contributed by atoms with van der Waals surface area (Å²) in [5, 5.41) is 3.92. The van der Waals surface area contributed by atoms with E-state index in [1.807, 2.05) is 44.2 Å². The molecule has 28 heavy (non-hydrogen) atoms. The smallest absolute Gasteiger partial charge is 0.242 e. The lowest BCUT2D eigenvalue weighted by Crippen LogP contribution is -2.49. The van der Waals surface area contributed by atoms with Gasteiger partial charge in [0, 0.05) is 22.6 Å². The van der Waals surface area contributed by atoms with Crippen molar-refractivity contribution < 1.29 is 9.59 Å². The van der Waals surface area contributed by atoms with Gasteiger partial charge < -0.3 is 10.2 Å². The maximum atomic E-state index is 13.1. The fourth-order valence-electron chi connectivity index (χ4n) is 2.76. The molecule has 0 fully saturated rings. The van der Waals surface area contributed by atoms with Gasteiger partial charge in [0.05, 0.1) is 6.42 Å². The number of carbonyl (C=O) groups is 2. The minimum Gasteiger partial charge on any atom is -0.352 e. The fraction of sp³-hybridized carbons (Fsp3) is 0.364. The third kappa shape index (κ3) is 6.25. The first-order valence-electron chi connectivity index (χ1n) is 9.39. The zero-order chi connectivity index (χ0) is 20.7. The zero-order valence-corrected chi connectivity index (χ0v) is 17.9. The van der Waals surface area contributed by atoms with Crippen LogP contribution in [0.2, 0.25) is 10.0 Å². The van der Waals surface area contributed by atoms with E-state index in [0.29, 0.717) is 22.2 Å². The molecule has 2 amide bonds. The predicted molar refractivity (Wildman–Crippen MR) is 115 cm³/mol. The third-order valence-electron chi connectivity index (χ3n) is 4.72. The lowest BCUT2D eigenvalue weighted by atomic mass is 10.1. The highest BCUT2D eigenvalue weighted by atomic mass is 35.5. The van der Waals surface area contributed by atoms with E-state index < -0.39 is 6.04 Å². The standard InChI is InChI=1S/C22H26Cl2N2O2/c1-4-15(2)25-22(28)16(3)26(14-17-8-6-5-7-9-17)21(27)12-18-10-11-19(23)13-20(18)24/h5-11,13,15-16H,4,12,14H2,1-3H3,(H,25,28). The number of nitrogens with one attached hydrogen (secondary N) is 1. The molecular formula is C22H26Cl2N2O2. The average molecular weight is 421 g/mol. The molecule has 2 unspecified atom stereocenters. The largest absolute Gasteiger partial charge is 0.352 e. The van der Waals surface area contributed by atoms with Gasteiger partial charge in [-0.25, -0.2) is 0 Å². The Bertz CT molecular complexity index is 811. The fourth-order valence-corrected chi connectivity index (χ4v) is 3.23. The summed E-state index contributed by atoms with van der Waals surface area (Å²) in [5.41, 5.74) is 1.64. The summed E-state index contributed by atoms with van der Waals surface area (Å²) in [6.07, 6.45) is 0.926. The van der Waals surface area contributed by atoms with Crippen molar-refractivity contribution >= 4 is 35.0 Å². The van der Waals surface area contributed by atoms with Gasteiger partial charge in [0.25, 0.3) is 0 Å². The summed E-state index contributed by atoms with van der Waals surface area (Å²) >= 11 is 12.2. The summed E-state index contributed by atoms with van der Waals surface area (Å²) in [5.74, 6) is -0.333. The Balaban J connectivity index is 2.23. The molecule has 0 aliphatic heterocycles. The summed E-state index contributed by atoms with van der Waals surface area (Å²) in [6.45, 7) is 6.05. The van der Waals surface area contributed by atoms with Gasteiger partial charge in [0.2, 0.25) is 11.8 Å². The summed E-state index contributed by atoms with van der Waals surface area (Å²) in [7, 11) is 0. The Kier molecular flexibility index (Phi) is 8.34. The lowest BCUT2D eigenvalue weighted by Gasteiger charge is -2.30. The third-order valence-corrected chi connectivity index (χ3v) is 5.31. The maximum absolute atomic E-state index is 13.1. The molecule has 4 nitrogen and oxygen atoms in total. The molecule has 0 saturated carbocycles. The second-order valence-electron chi connectivity index (χ2n) is 6.91. The first-order chi connectivity index (χ1) is 13.3. The normalized spacial score (nSPS) is 12.9. The van der Waals surface area contributed by atoms with Gasteiger partial charge in [0.1, 0.15) is 6.04 Å². The predicted octanol–water partition coefficient (Wildman–Crippen LogP) is 4.87. The Morgan fingerprint density at radius 3 is 2.36 bits per heavy atom. The van der Waals surface area contributed by atoms with Crippen LogP contribution in [0.4, 0.5) is 0 Å². The minimum atomic E-state index is -0.604. The van der Waals surface area contributed by atoms with E-state index in [4.69, 9.17) is 23.2 Å². The number of halogens is 2. The van der Waals surface area contributed by atoms with Crippen molar-refractivity contribution in [3.63, 3.8) is 0 Å². The van der Waals surface area contributed by atoms with Crippen molar-refractivity contribution in [2.45, 2.75) is 52.2 Å². The zero-order valence-electron chi connectivity index (χ0n) is 16.4. The molecule has 0 aliphatic rings. The molecule has 1 N–H and O–H groups in total. The van der Waals surface area contributed by atoms with Crippen molar-refractivity contribution in [1.29, 1.82) is 0 Å². The molecule has 0 aliphatic carbocycles.